The average Bonchev–Trinajstić information content (AvgIpc) is 3.31. The highest BCUT2D eigenvalue weighted by atomic mass is 16.2. The van der Waals surface area contributed by atoms with Gasteiger partial charge in [-0.25, -0.2) is 0 Å². The van der Waals surface area contributed by atoms with Crippen molar-refractivity contribution in [1.29, 1.82) is 0 Å². The predicted molar refractivity (Wildman–Crippen MR) is 151 cm³/mol. The van der Waals surface area contributed by atoms with Gasteiger partial charge in [0.25, 0.3) is 0 Å². The fourth-order valence-corrected chi connectivity index (χ4v) is 10.3. The number of rotatable bonds is 4. The molecule has 4 aliphatic carbocycles. The van der Waals surface area contributed by atoms with Crippen molar-refractivity contribution < 1.29 is 4.79 Å². The highest BCUT2D eigenvalue weighted by molar-refractivity contribution is 5.82. The van der Waals surface area contributed by atoms with E-state index in [1.165, 1.54) is 75.3 Å². The van der Waals surface area contributed by atoms with Crippen LogP contribution in [0.4, 0.5) is 0 Å². The monoisotopic (exact) mass is 505 g/mol. The van der Waals surface area contributed by atoms with Gasteiger partial charge in [-0.2, -0.15) is 0 Å². The van der Waals surface area contributed by atoms with Crippen LogP contribution in [0.15, 0.2) is 24.3 Å². The van der Waals surface area contributed by atoms with E-state index in [0.29, 0.717) is 23.3 Å². The van der Waals surface area contributed by atoms with Crippen LogP contribution < -0.4 is 5.73 Å². The second kappa shape index (κ2) is 9.97. The van der Waals surface area contributed by atoms with Crippen LogP contribution in [0.5, 0.6) is 0 Å². The van der Waals surface area contributed by atoms with E-state index in [1.54, 1.807) is 0 Å². The Kier molecular flexibility index (Phi) is 6.97. The summed E-state index contributed by atoms with van der Waals surface area (Å²) in [6.45, 7) is 11.2. The lowest BCUT2D eigenvalue weighted by Crippen LogP contribution is -2.59. The minimum absolute atomic E-state index is 0.135. The van der Waals surface area contributed by atoms with Gasteiger partial charge in [0.15, 0.2) is 0 Å². The smallest absolute Gasteiger partial charge is 0.239 e. The molecule has 1 heterocycles. The SMILES string of the molecule is Cc1ccccc1CC(N)C(=O)N1CCN(C2CCC3CCC4C5CCC[C@@]5(C)CCC4[C@@]3(C)C2)CC1. The zero-order valence-electron chi connectivity index (χ0n) is 23.8. The Morgan fingerprint density at radius 2 is 1.73 bits per heavy atom. The Balaban J connectivity index is 1.07. The van der Waals surface area contributed by atoms with Gasteiger partial charge in [0, 0.05) is 32.2 Å². The van der Waals surface area contributed by atoms with Gasteiger partial charge in [-0.15, -0.1) is 0 Å². The molecule has 0 spiro atoms. The molecule has 1 aliphatic heterocycles. The summed E-state index contributed by atoms with van der Waals surface area (Å²) in [6.07, 6.45) is 15.2. The van der Waals surface area contributed by atoms with Crippen molar-refractivity contribution in [3.05, 3.63) is 35.4 Å². The molecule has 2 N–H and O–H groups in total. The number of piperazine rings is 1. The van der Waals surface area contributed by atoms with Crippen LogP contribution in [0.1, 0.15) is 89.2 Å². The molecule has 4 heteroatoms. The molecular formula is C33H51N3O. The van der Waals surface area contributed by atoms with Crippen molar-refractivity contribution in [1.82, 2.24) is 9.80 Å². The number of hydrogen-bond donors (Lipinski definition) is 1. The number of carbonyl (C=O) groups excluding carboxylic acids is 1. The normalized spacial score (nSPS) is 41.0. The molecule has 0 bridgehead atoms. The van der Waals surface area contributed by atoms with Gasteiger partial charge in [0.1, 0.15) is 0 Å². The van der Waals surface area contributed by atoms with Crippen molar-refractivity contribution in [2.24, 2.45) is 40.2 Å². The Bertz CT molecular complexity index is 986. The van der Waals surface area contributed by atoms with Crippen molar-refractivity contribution in [2.45, 2.75) is 103 Å². The maximum absolute atomic E-state index is 13.2. The minimum atomic E-state index is -0.436. The second-order valence-electron chi connectivity index (χ2n) is 14.3. The summed E-state index contributed by atoms with van der Waals surface area (Å²) >= 11 is 0. The molecule has 6 rings (SSSR count). The van der Waals surface area contributed by atoms with Gasteiger partial charge in [0.05, 0.1) is 6.04 Å². The van der Waals surface area contributed by atoms with E-state index in [4.69, 9.17) is 5.73 Å². The lowest BCUT2D eigenvalue weighted by molar-refractivity contribution is -0.137. The van der Waals surface area contributed by atoms with Crippen molar-refractivity contribution in [3.8, 4) is 0 Å². The number of hydrogen-bond acceptors (Lipinski definition) is 3. The van der Waals surface area contributed by atoms with Gasteiger partial charge in [-0.05, 0) is 117 Å². The average molecular weight is 506 g/mol. The van der Waals surface area contributed by atoms with E-state index < -0.39 is 6.04 Å². The number of nitrogens with zero attached hydrogens (tertiary/aromatic N) is 2. The van der Waals surface area contributed by atoms with E-state index in [-0.39, 0.29) is 5.91 Å². The third-order valence-corrected chi connectivity index (χ3v) is 12.5. The van der Waals surface area contributed by atoms with E-state index >= 15 is 0 Å². The summed E-state index contributed by atoms with van der Waals surface area (Å²) < 4.78 is 0. The topological polar surface area (TPSA) is 49.6 Å². The van der Waals surface area contributed by atoms with Gasteiger partial charge in [-0.1, -0.05) is 44.5 Å². The number of carbonyl (C=O) groups is 1. The molecule has 4 nitrogen and oxygen atoms in total. The van der Waals surface area contributed by atoms with E-state index in [1.807, 2.05) is 17.0 Å². The number of benzene rings is 1. The summed E-state index contributed by atoms with van der Waals surface area (Å²) in [7, 11) is 0. The third-order valence-electron chi connectivity index (χ3n) is 12.5. The van der Waals surface area contributed by atoms with Gasteiger partial charge in [0.2, 0.25) is 5.91 Å². The summed E-state index contributed by atoms with van der Waals surface area (Å²) in [4.78, 5) is 18.0. The molecule has 8 atom stereocenters. The van der Waals surface area contributed by atoms with Crippen LogP contribution in [0.3, 0.4) is 0 Å². The van der Waals surface area contributed by atoms with Crippen molar-refractivity contribution in [3.63, 3.8) is 0 Å². The maximum Gasteiger partial charge on any atom is 0.239 e. The van der Waals surface area contributed by atoms with Gasteiger partial charge >= 0.3 is 0 Å². The molecule has 5 fully saturated rings. The number of nitrogens with two attached hydrogens (primary N) is 1. The van der Waals surface area contributed by atoms with E-state index in [9.17, 15) is 4.79 Å². The van der Waals surface area contributed by atoms with Crippen molar-refractivity contribution >= 4 is 5.91 Å². The zero-order chi connectivity index (χ0) is 25.8. The van der Waals surface area contributed by atoms with Gasteiger partial charge < -0.3 is 10.6 Å². The third kappa shape index (κ3) is 4.58. The van der Waals surface area contributed by atoms with Crippen LogP contribution in [0.2, 0.25) is 0 Å². The molecule has 37 heavy (non-hydrogen) atoms. The van der Waals surface area contributed by atoms with E-state index in [0.717, 1.165) is 49.9 Å². The van der Waals surface area contributed by atoms with Crippen LogP contribution in [-0.4, -0.2) is 54.0 Å². The number of fused-ring (bicyclic) bond motifs is 5. The highest BCUT2D eigenvalue weighted by Gasteiger charge is 2.58. The molecule has 6 unspecified atom stereocenters. The Morgan fingerprint density at radius 1 is 0.973 bits per heavy atom. The molecular weight excluding hydrogens is 454 g/mol. The standard InChI is InChI=1S/C33H51N3O/c1-23-7-4-5-8-24(23)21-30(34)31(37)36-19-17-35(18-20-36)26-12-10-25-11-13-27-28-9-6-15-32(28,2)16-14-29(27)33(25,3)22-26/h4-5,7-8,25-30H,6,9-22,34H2,1-3H3/t25?,26?,27?,28?,29?,30?,32-,33-/m0/s1. The van der Waals surface area contributed by atoms with Gasteiger partial charge in [-0.3, -0.25) is 9.69 Å². The molecule has 0 aromatic heterocycles. The molecule has 4 saturated carbocycles. The number of amides is 1. The first kappa shape index (κ1) is 25.9. The fraction of sp³-hybridized carbons (Fsp3) is 0.788. The molecule has 1 aromatic carbocycles. The lowest BCUT2D eigenvalue weighted by Gasteiger charge is -2.61. The second-order valence-corrected chi connectivity index (χ2v) is 14.3. The zero-order valence-corrected chi connectivity index (χ0v) is 23.8. The summed E-state index contributed by atoms with van der Waals surface area (Å²) in [6, 6.07) is 8.57. The molecule has 5 aliphatic rings. The molecule has 1 amide bonds. The first-order valence-electron chi connectivity index (χ1n) is 15.6. The van der Waals surface area contributed by atoms with E-state index in [2.05, 4.69) is 37.8 Å². The first-order valence-corrected chi connectivity index (χ1v) is 15.6. The molecule has 1 saturated heterocycles. The van der Waals surface area contributed by atoms with Crippen LogP contribution in [0.25, 0.3) is 0 Å². The lowest BCUT2D eigenvalue weighted by atomic mass is 9.45. The Hall–Kier alpha value is -1.39. The molecule has 0 radical (unpaired) electrons. The molecule has 1 aromatic rings. The maximum atomic E-state index is 13.2. The van der Waals surface area contributed by atoms with Crippen LogP contribution in [0, 0.1) is 41.4 Å². The minimum Gasteiger partial charge on any atom is -0.339 e. The van der Waals surface area contributed by atoms with Crippen LogP contribution in [-0.2, 0) is 11.2 Å². The Labute approximate surface area is 225 Å². The quantitative estimate of drug-likeness (QED) is 0.562. The van der Waals surface area contributed by atoms with Crippen LogP contribution >= 0.6 is 0 Å². The highest BCUT2D eigenvalue weighted by Crippen LogP contribution is 2.66. The summed E-state index contributed by atoms with van der Waals surface area (Å²) in [5.41, 5.74) is 10.0. The summed E-state index contributed by atoms with van der Waals surface area (Å²) in [5.74, 6) is 4.02. The Morgan fingerprint density at radius 3 is 2.51 bits per heavy atom. The predicted octanol–water partition coefficient (Wildman–Crippen LogP) is 5.81. The molecule has 204 valence electrons. The summed E-state index contributed by atoms with van der Waals surface area (Å²) in [5, 5.41) is 0. The number of aryl methyl sites for hydroxylation is 1. The largest absolute Gasteiger partial charge is 0.339 e. The fourth-order valence-electron chi connectivity index (χ4n) is 10.3. The van der Waals surface area contributed by atoms with Crippen molar-refractivity contribution in [2.75, 3.05) is 26.2 Å². The first-order chi connectivity index (χ1) is 17.8.